The number of aryl methyl sites for hydroxylation is 2. The van der Waals surface area contributed by atoms with Gasteiger partial charge in [0.2, 0.25) is 0 Å². The summed E-state index contributed by atoms with van der Waals surface area (Å²) in [5.41, 5.74) is -1.08. The number of likely N-dealkylation sites (tertiary alicyclic amines) is 1. The first kappa shape index (κ1) is 18.9. The van der Waals surface area contributed by atoms with Crippen LogP contribution in [0.1, 0.15) is 65.9 Å². The third kappa shape index (κ3) is 3.51. The van der Waals surface area contributed by atoms with E-state index in [1.807, 2.05) is 0 Å². The van der Waals surface area contributed by atoms with E-state index in [-0.39, 0.29) is 11.6 Å². The molecule has 2 aliphatic rings. The monoisotopic (exact) mass is 396 g/mol. The third-order valence-electron chi connectivity index (χ3n) is 5.67. The molecule has 10 heteroatoms. The van der Waals surface area contributed by atoms with Crippen LogP contribution in [0.15, 0.2) is 6.07 Å². The molecule has 0 aliphatic carbocycles. The highest BCUT2D eigenvalue weighted by atomic mass is 19.4. The van der Waals surface area contributed by atoms with Crippen molar-refractivity contribution in [2.75, 3.05) is 13.1 Å². The van der Waals surface area contributed by atoms with Crippen molar-refractivity contribution < 1.29 is 18.0 Å². The fourth-order valence-electron chi connectivity index (χ4n) is 4.15. The van der Waals surface area contributed by atoms with Gasteiger partial charge in [0.05, 0.1) is 0 Å². The normalized spacial score (nSPS) is 18.8. The van der Waals surface area contributed by atoms with Crippen molar-refractivity contribution in [1.29, 1.82) is 0 Å². The molecular weight excluding hydrogens is 373 g/mol. The van der Waals surface area contributed by atoms with E-state index >= 15 is 0 Å². The van der Waals surface area contributed by atoms with E-state index in [2.05, 4.69) is 19.9 Å². The second-order valence-electron chi connectivity index (χ2n) is 7.54. The van der Waals surface area contributed by atoms with Gasteiger partial charge in [-0.3, -0.25) is 9.48 Å². The summed E-state index contributed by atoms with van der Waals surface area (Å²) in [7, 11) is 1.20. The van der Waals surface area contributed by atoms with E-state index in [4.69, 9.17) is 0 Å². The highest BCUT2D eigenvalue weighted by molar-refractivity contribution is 5.92. The van der Waals surface area contributed by atoms with E-state index in [9.17, 15) is 18.0 Å². The lowest BCUT2D eigenvalue weighted by Gasteiger charge is -2.31. The quantitative estimate of drug-likeness (QED) is 0.783. The molecule has 0 radical (unpaired) electrons. The lowest BCUT2D eigenvalue weighted by molar-refractivity contribution is -0.143. The molecule has 7 nitrogen and oxygen atoms in total. The second-order valence-corrected chi connectivity index (χ2v) is 7.54. The molecule has 1 amide bonds. The molecule has 4 heterocycles. The van der Waals surface area contributed by atoms with E-state index < -0.39 is 17.8 Å². The van der Waals surface area contributed by atoms with Gasteiger partial charge in [0.15, 0.2) is 5.69 Å². The fourth-order valence-corrected chi connectivity index (χ4v) is 4.15. The smallest absolute Gasteiger partial charge is 0.337 e. The van der Waals surface area contributed by atoms with Crippen molar-refractivity contribution >= 4 is 5.91 Å². The average Bonchev–Trinajstić information content (AvgIpc) is 3.17. The summed E-state index contributed by atoms with van der Waals surface area (Å²) in [6, 6.07) is 0.826. The molecule has 2 aliphatic heterocycles. The molecule has 0 bridgehead atoms. The van der Waals surface area contributed by atoms with Crippen LogP contribution in [0.3, 0.4) is 0 Å². The largest absolute Gasteiger partial charge is 0.433 e. The molecule has 2 aromatic rings. The number of rotatable bonds is 2. The number of halogens is 3. The highest BCUT2D eigenvalue weighted by Crippen LogP contribution is 2.31. The summed E-state index contributed by atoms with van der Waals surface area (Å²) < 4.78 is 41.8. The molecule has 0 aromatic carbocycles. The highest BCUT2D eigenvalue weighted by Gasteiger charge is 2.37. The lowest BCUT2D eigenvalue weighted by atomic mass is 9.95. The van der Waals surface area contributed by atoms with Crippen LogP contribution in [0.4, 0.5) is 13.2 Å². The van der Waals surface area contributed by atoms with Crippen molar-refractivity contribution in [3.8, 4) is 0 Å². The van der Waals surface area contributed by atoms with Crippen LogP contribution in [0.25, 0.3) is 0 Å². The van der Waals surface area contributed by atoms with Crippen LogP contribution >= 0.6 is 0 Å². The number of hydrogen-bond acceptors (Lipinski definition) is 4. The van der Waals surface area contributed by atoms with E-state index in [1.54, 1.807) is 4.90 Å². The van der Waals surface area contributed by atoms with Crippen LogP contribution in [-0.2, 0) is 26.2 Å². The van der Waals surface area contributed by atoms with Gasteiger partial charge < -0.3 is 9.47 Å². The maximum atomic E-state index is 12.9. The minimum absolute atomic E-state index is 0.162. The summed E-state index contributed by atoms with van der Waals surface area (Å²) in [6.07, 6.45) is 1.32. The van der Waals surface area contributed by atoms with Crippen LogP contribution in [0, 0.1) is 0 Å². The molecule has 1 saturated heterocycles. The van der Waals surface area contributed by atoms with E-state index in [1.165, 1.54) is 13.5 Å². The number of amides is 1. The van der Waals surface area contributed by atoms with Crippen molar-refractivity contribution in [2.45, 2.75) is 57.2 Å². The van der Waals surface area contributed by atoms with Crippen LogP contribution in [0.2, 0.25) is 0 Å². The third-order valence-corrected chi connectivity index (χ3v) is 5.67. The first-order valence-corrected chi connectivity index (χ1v) is 9.67. The molecule has 152 valence electrons. The standard InChI is InChI=1S/C18H23F3N6O/c1-25-14(18(19,20)21)11-13(24-25)17(28)26-9-6-12(7-10-26)16-23-22-15-5-3-2-4-8-27(15)16/h11-12H,2-10H2,1H3. The summed E-state index contributed by atoms with van der Waals surface area (Å²) in [5, 5.41) is 12.5. The minimum atomic E-state index is -4.53. The summed E-state index contributed by atoms with van der Waals surface area (Å²) in [4.78, 5) is 14.2. The SMILES string of the molecule is Cn1nc(C(=O)N2CCC(c3nnc4n3CCCCC4)CC2)cc1C(F)(F)F. The van der Waals surface area contributed by atoms with Crippen LogP contribution < -0.4 is 0 Å². The number of piperidine rings is 1. The predicted octanol–water partition coefficient (Wildman–Crippen LogP) is 2.78. The maximum Gasteiger partial charge on any atom is 0.433 e. The Bertz CT molecular complexity index is 863. The van der Waals surface area contributed by atoms with Gasteiger partial charge in [-0.25, -0.2) is 0 Å². The Balaban J connectivity index is 1.43. The molecular formula is C18H23F3N6O. The lowest BCUT2D eigenvalue weighted by Crippen LogP contribution is -2.38. The number of carbonyl (C=O) groups excluding carboxylic acids is 1. The molecule has 0 saturated carbocycles. The Hall–Kier alpha value is -2.39. The first-order chi connectivity index (χ1) is 13.3. The van der Waals surface area contributed by atoms with Crippen molar-refractivity contribution in [3.63, 3.8) is 0 Å². The molecule has 0 unspecified atom stereocenters. The Morgan fingerprint density at radius 2 is 1.86 bits per heavy atom. The zero-order valence-electron chi connectivity index (χ0n) is 15.7. The fraction of sp³-hybridized carbons (Fsp3) is 0.667. The Morgan fingerprint density at radius 3 is 2.54 bits per heavy atom. The van der Waals surface area contributed by atoms with Crippen molar-refractivity contribution in [1.82, 2.24) is 29.4 Å². The van der Waals surface area contributed by atoms with Crippen molar-refractivity contribution in [3.05, 3.63) is 29.1 Å². The molecule has 2 aromatic heterocycles. The zero-order valence-corrected chi connectivity index (χ0v) is 15.7. The predicted molar refractivity (Wildman–Crippen MR) is 93.7 cm³/mol. The molecule has 0 atom stereocenters. The van der Waals surface area contributed by atoms with Gasteiger partial charge in [-0.05, 0) is 25.7 Å². The van der Waals surface area contributed by atoms with E-state index in [0.717, 1.165) is 56.4 Å². The Kier molecular flexibility index (Phi) is 4.88. The zero-order chi connectivity index (χ0) is 19.9. The average molecular weight is 396 g/mol. The molecule has 28 heavy (non-hydrogen) atoms. The van der Waals surface area contributed by atoms with Gasteiger partial charge in [-0.1, -0.05) is 6.42 Å². The van der Waals surface area contributed by atoms with Crippen LogP contribution in [-0.4, -0.2) is 48.4 Å². The Labute approximate surface area is 160 Å². The number of aromatic nitrogens is 5. The summed E-state index contributed by atoms with van der Waals surface area (Å²) >= 11 is 0. The maximum absolute atomic E-state index is 12.9. The minimum Gasteiger partial charge on any atom is -0.337 e. The van der Waals surface area contributed by atoms with Gasteiger partial charge in [0, 0.05) is 45.1 Å². The van der Waals surface area contributed by atoms with Gasteiger partial charge in [0.1, 0.15) is 17.3 Å². The van der Waals surface area contributed by atoms with Crippen LogP contribution in [0.5, 0.6) is 0 Å². The van der Waals surface area contributed by atoms with Gasteiger partial charge in [-0.15, -0.1) is 10.2 Å². The van der Waals surface area contributed by atoms with Gasteiger partial charge >= 0.3 is 6.18 Å². The van der Waals surface area contributed by atoms with Gasteiger partial charge in [-0.2, -0.15) is 18.3 Å². The molecule has 0 N–H and O–H groups in total. The van der Waals surface area contributed by atoms with E-state index in [0.29, 0.717) is 17.8 Å². The number of hydrogen-bond donors (Lipinski definition) is 0. The first-order valence-electron chi connectivity index (χ1n) is 9.67. The summed E-state index contributed by atoms with van der Waals surface area (Å²) in [6.45, 7) is 1.89. The number of alkyl halides is 3. The van der Waals surface area contributed by atoms with Gasteiger partial charge in [0.25, 0.3) is 5.91 Å². The molecule has 1 fully saturated rings. The number of nitrogens with zero attached hydrogens (tertiary/aromatic N) is 6. The number of fused-ring (bicyclic) bond motifs is 1. The van der Waals surface area contributed by atoms with Crippen molar-refractivity contribution in [2.24, 2.45) is 7.05 Å². The molecule has 4 rings (SSSR count). The topological polar surface area (TPSA) is 68.8 Å². The molecule has 0 spiro atoms. The Morgan fingerprint density at radius 1 is 1.11 bits per heavy atom. The second kappa shape index (κ2) is 7.21. The summed E-state index contributed by atoms with van der Waals surface area (Å²) in [5.74, 6) is 1.79. The number of carbonyl (C=O) groups is 1.